The molecule has 0 N–H and O–H groups in total. The molecule has 7 aromatic carbocycles. The Kier molecular flexibility index (Phi) is 13.8. The van der Waals surface area contributed by atoms with Gasteiger partial charge in [-0.3, -0.25) is 4.98 Å². The lowest BCUT2D eigenvalue weighted by Gasteiger charge is -2.44. The molecule has 1 aromatic heterocycles. The first kappa shape index (κ1) is 52.1. The fraction of sp³-hybridized carbons (Fsp3) is 0.0408. The van der Waals surface area contributed by atoms with Crippen molar-refractivity contribution in [2.24, 2.45) is 0 Å². The molecule has 0 radical (unpaired) electrons. The van der Waals surface area contributed by atoms with E-state index in [1.165, 1.54) is 0 Å². The van der Waals surface area contributed by atoms with Crippen LogP contribution in [0.15, 0.2) is 97.5 Å². The minimum absolute atomic E-state index is 0.384. The van der Waals surface area contributed by atoms with Gasteiger partial charge in [-0.25, -0.2) is 92.6 Å². The maximum atomic E-state index is 15.4. The van der Waals surface area contributed by atoms with E-state index in [9.17, 15) is 57.5 Å². The number of nitrogens with zero attached hydrogens (tertiary/aromatic N) is 2. The molecule has 4 nitrogen and oxygen atoms in total. The first-order valence-electron chi connectivity index (χ1n) is 20.5. The Morgan fingerprint density at radius 1 is 0.419 bits per heavy atom. The van der Waals surface area contributed by atoms with Crippen LogP contribution in [0.25, 0.3) is 11.1 Å². The van der Waals surface area contributed by atoms with Crippen LogP contribution in [0.4, 0.5) is 87.8 Å². The number of esters is 1. The van der Waals surface area contributed by atoms with Gasteiger partial charge in [0.2, 0.25) is 0 Å². The van der Waals surface area contributed by atoms with Crippen LogP contribution < -0.4 is 26.4 Å². The minimum Gasteiger partial charge on any atom is -0.444 e. The summed E-state index contributed by atoms with van der Waals surface area (Å²) in [7, 11) is 0. The van der Waals surface area contributed by atoms with Crippen LogP contribution in [0.2, 0.25) is 0 Å². The van der Waals surface area contributed by atoms with Crippen molar-refractivity contribution in [2.75, 3.05) is 0 Å². The monoisotopic (exact) mass is 1060 g/mol. The fourth-order valence-corrected chi connectivity index (χ4v) is 8.75. The fourth-order valence-electron chi connectivity index (χ4n) is 8.75. The number of benzene rings is 7. The van der Waals surface area contributed by atoms with Gasteiger partial charge in [0.25, 0.3) is 0 Å². The largest absolute Gasteiger partial charge is 0.444 e. The summed E-state index contributed by atoms with van der Waals surface area (Å²) < 4.78 is 302. The molecule has 25 heteroatoms. The Labute approximate surface area is 400 Å². The third-order valence-electron chi connectivity index (χ3n) is 12.0. The third-order valence-corrected chi connectivity index (χ3v) is 12.0. The third kappa shape index (κ3) is 8.04. The molecule has 9 rings (SSSR count). The second-order valence-electron chi connectivity index (χ2n) is 15.8. The summed E-state index contributed by atoms with van der Waals surface area (Å²) in [4.78, 5) is 17.3. The summed E-state index contributed by atoms with van der Waals surface area (Å²) in [6, 6.07) is 26.2. The quantitative estimate of drug-likeness (QED) is 0.0380. The molecule has 74 heavy (non-hydrogen) atoms. The van der Waals surface area contributed by atoms with E-state index in [0.717, 1.165) is 27.8 Å². The van der Waals surface area contributed by atoms with Crippen LogP contribution in [0.5, 0.6) is 0 Å². The molecular weight excluding hydrogens is 1040 g/mol. The molecule has 0 bridgehead atoms. The van der Waals surface area contributed by atoms with E-state index in [1.807, 2.05) is 71.3 Å². The van der Waals surface area contributed by atoms with E-state index >= 15 is 35.1 Å². The van der Waals surface area contributed by atoms with Crippen LogP contribution in [0.1, 0.15) is 33.3 Å². The first-order valence-corrected chi connectivity index (χ1v) is 20.5. The normalized spacial score (nSPS) is 12.1. The van der Waals surface area contributed by atoms with Crippen LogP contribution in [-0.2, 0) is 11.3 Å². The number of carbonyl (C=O) groups is 1. The predicted molar refractivity (Wildman–Crippen MR) is 218 cm³/mol. The van der Waals surface area contributed by atoms with E-state index < -0.39 is 150 Å². The van der Waals surface area contributed by atoms with Crippen molar-refractivity contribution < 1.29 is 102 Å². The minimum atomic E-state index is -7.22. The average Bonchev–Trinajstić information content (AvgIpc) is 3.71. The van der Waals surface area contributed by atoms with Gasteiger partial charge in [-0.2, -0.15) is 4.57 Å². The lowest BCUT2D eigenvalue weighted by Crippen LogP contribution is -2.81. The van der Waals surface area contributed by atoms with Crippen LogP contribution in [0.3, 0.4) is 0 Å². The van der Waals surface area contributed by atoms with Crippen molar-refractivity contribution in [1.82, 2.24) is 4.98 Å². The average molecular weight is 1060 g/mol. The van der Waals surface area contributed by atoms with Crippen molar-refractivity contribution in [3.05, 3.63) is 236 Å². The number of carbonyl (C=O) groups excluding carboxylic acids is 1. The smallest absolute Gasteiger partial charge is 0.406 e. The maximum Gasteiger partial charge on any atom is 0.406 e. The van der Waals surface area contributed by atoms with Crippen LogP contribution in [0, 0.1) is 116 Å². The standard InChI is InChI=1S/C25H19N2O2.C24BF20/c28-25(23-16-26-14-15-27(23)17-18-8-2-1-3-9-18)29-24-21-12-6-4-10-19(21)20-11-5-7-13-22(20)24;26-5-1(6(27)14(35)21(42)13(5)34)25(2-7(28)15(36)22(43)16(37)8(2)29,3-9(30)17(38)23(44)18(39)10(3)31)4-11(32)19(40)24(45)20(41)12(4)33/h1-16,24H,17H2;/q+1;-1. The summed E-state index contributed by atoms with van der Waals surface area (Å²) in [5.41, 5.74) is -8.54. The highest BCUT2D eigenvalue weighted by Crippen LogP contribution is 2.45. The molecule has 1 aliphatic carbocycles. The van der Waals surface area contributed by atoms with Crippen LogP contribution >= 0.6 is 0 Å². The van der Waals surface area contributed by atoms with Crippen molar-refractivity contribution in [3.8, 4) is 11.1 Å². The molecule has 380 valence electrons. The summed E-state index contributed by atoms with van der Waals surface area (Å²) in [5, 5.41) is 0. The van der Waals surface area contributed by atoms with Crippen molar-refractivity contribution in [2.45, 2.75) is 12.6 Å². The predicted octanol–water partition coefficient (Wildman–Crippen LogP) is 10.2. The van der Waals surface area contributed by atoms with E-state index in [2.05, 4.69) is 17.1 Å². The van der Waals surface area contributed by atoms with Gasteiger partial charge in [0.05, 0.1) is 6.20 Å². The molecule has 0 unspecified atom stereocenters. The molecule has 1 heterocycles. The lowest BCUT2D eigenvalue weighted by atomic mass is 9.12. The Morgan fingerprint density at radius 3 is 1.05 bits per heavy atom. The lowest BCUT2D eigenvalue weighted by molar-refractivity contribution is -0.691. The summed E-state index contributed by atoms with van der Waals surface area (Å²) in [6.45, 7) is 0.575. The highest BCUT2D eigenvalue weighted by molar-refractivity contribution is 7.20. The molecule has 0 fully saturated rings. The van der Waals surface area contributed by atoms with E-state index in [0.29, 0.717) is 12.2 Å². The number of halogens is 20. The summed E-state index contributed by atoms with van der Waals surface area (Å²) in [5.74, 6) is -71.8. The zero-order valence-electron chi connectivity index (χ0n) is 35.9. The van der Waals surface area contributed by atoms with E-state index in [1.54, 1.807) is 18.6 Å². The van der Waals surface area contributed by atoms with Gasteiger partial charge >= 0.3 is 11.7 Å². The molecule has 0 saturated heterocycles. The summed E-state index contributed by atoms with van der Waals surface area (Å²) in [6.07, 6.45) is -2.58. The molecule has 0 saturated carbocycles. The van der Waals surface area contributed by atoms with Crippen LogP contribution in [-0.4, -0.2) is 17.1 Å². The molecule has 0 amide bonds. The van der Waals surface area contributed by atoms with Gasteiger partial charge < -0.3 is 4.74 Å². The number of rotatable bonds is 8. The molecule has 1 aliphatic rings. The van der Waals surface area contributed by atoms with Gasteiger partial charge in [0.1, 0.15) is 58.9 Å². The van der Waals surface area contributed by atoms with E-state index in [4.69, 9.17) is 4.74 Å². The number of hydrogen-bond acceptors (Lipinski definition) is 3. The molecular formula is C49H19BF20N2O2. The SMILES string of the molecule is Fc1c(F)c(F)c([B-](c2c(F)c(F)c(F)c(F)c2F)(c2c(F)c(F)c(F)c(F)c2F)c2c(F)c(F)c(F)c(F)c2F)c(F)c1F.O=C(OC1c2ccccc2-c2ccccc21)c1cncc[n+]1Cc1ccccc1. The van der Waals surface area contributed by atoms with Gasteiger partial charge in [-0.05, 0) is 11.1 Å². The van der Waals surface area contributed by atoms with E-state index in [-0.39, 0.29) is 5.97 Å². The molecule has 0 spiro atoms. The topological polar surface area (TPSA) is 43.1 Å². The van der Waals surface area contributed by atoms with Gasteiger partial charge in [-0.15, -0.1) is 21.9 Å². The number of hydrogen-bond donors (Lipinski definition) is 0. The Balaban J connectivity index is 0.000000215. The van der Waals surface area contributed by atoms with Crippen molar-refractivity contribution in [1.29, 1.82) is 0 Å². The molecule has 8 aromatic rings. The van der Waals surface area contributed by atoms with Crippen molar-refractivity contribution in [3.63, 3.8) is 0 Å². The number of fused-ring (bicyclic) bond motifs is 3. The Hall–Kier alpha value is -8.25. The molecule has 0 aliphatic heterocycles. The van der Waals surface area contributed by atoms with Gasteiger partial charge in [-0.1, -0.05) is 78.9 Å². The second-order valence-corrected chi connectivity index (χ2v) is 15.8. The highest BCUT2D eigenvalue weighted by atomic mass is 19.2. The zero-order valence-corrected chi connectivity index (χ0v) is 35.9. The Morgan fingerprint density at radius 2 is 0.716 bits per heavy atom. The number of aromatic nitrogens is 2. The maximum absolute atomic E-state index is 15.4. The first-order chi connectivity index (χ1) is 35.0. The van der Waals surface area contributed by atoms with Crippen molar-refractivity contribution >= 4 is 34.0 Å². The highest BCUT2D eigenvalue weighted by Gasteiger charge is 2.52. The van der Waals surface area contributed by atoms with Gasteiger partial charge in [0, 0.05) is 16.7 Å². The Bertz CT molecular complexity index is 3190. The van der Waals surface area contributed by atoms with Gasteiger partial charge in [0.15, 0.2) is 88.7 Å². The second kappa shape index (κ2) is 19.6. The zero-order chi connectivity index (χ0) is 54.0. The number of ether oxygens (including phenoxy) is 1. The molecule has 0 atom stereocenters. The summed E-state index contributed by atoms with van der Waals surface area (Å²) >= 11 is 0.